The Morgan fingerprint density at radius 2 is 2.27 bits per heavy atom. The summed E-state index contributed by atoms with van der Waals surface area (Å²) in [5.41, 5.74) is 4.81. The van der Waals surface area contributed by atoms with Gasteiger partial charge >= 0.3 is 0 Å². The second kappa shape index (κ2) is 6.09. The van der Waals surface area contributed by atoms with Crippen molar-refractivity contribution >= 4 is 16.7 Å². The highest BCUT2D eigenvalue weighted by Crippen LogP contribution is 1.92. The zero-order chi connectivity index (χ0) is 8.69. The maximum atomic E-state index is 10.9. The summed E-state index contributed by atoms with van der Waals surface area (Å²) < 4.78 is 10.9. The first kappa shape index (κ1) is 10.4. The Kier molecular flexibility index (Phi) is 5.74. The van der Waals surface area contributed by atoms with Crippen molar-refractivity contribution in [2.75, 3.05) is 5.75 Å². The molecule has 1 atom stereocenters. The highest BCUT2D eigenvalue weighted by molar-refractivity contribution is 7.87. The van der Waals surface area contributed by atoms with Crippen molar-refractivity contribution in [3.05, 3.63) is 11.5 Å². The molecule has 0 aliphatic rings. The van der Waals surface area contributed by atoms with E-state index in [0.717, 1.165) is 18.9 Å². The maximum Gasteiger partial charge on any atom is 0.242 e. The minimum absolute atomic E-state index is 0.546. The molecule has 0 aliphatic heterocycles. The summed E-state index contributed by atoms with van der Waals surface area (Å²) >= 11 is 0. The quantitative estimate of drug-likeness (QED) is 0.620. The molecule has 0 saturated heterocycles. The SMILES string of the molecule is CCCCS(=O)C=CC(N)=O. The average Bonchev–Trinajstić information content (AvgIpc) is 1.97. The fraction of sp³-hybridized carbons (Fsp3) is 0.571. The van der Waals surface area contributed by atoms with Crippen LogP contribution in [0.5, 0.6) is 0 Å². The summed E-state index contributed by atoms with van der Waals surface area (Å²) in [6.45, 7) is 2.02. The summed E-state index contributed by atoms with van der Waals surface area (Å²) in [4.78, 5) is 10.2. The smallest absolute Gasteiger partial charge is 0.242 e. The van der Waals surface area contributed by atoms with Gasteiger partial charge in [-0.3, -0.25) is 9.00 Å². The van der Waals surface area contributed by atoms with E-state index in [2.05, 4.69) is 0 Å². The standard InChI is InChI=1S/C7H13NO2S/c1-2-3-5-11(10)6-4-7(8)9/h4,6H,2-3,5H2,1H3,(H2,8,9). The van der Waals surface area contributed by atoms with Crippen molar-refractivity contribution in [3.8, 4) is 0 Å². The molecule has 0 aromatic heterocycles. The largest absolute Gasteiger partial charge is 0.366 e. The van der Waals surface area contributed by atoms with Crippen molar-refractivity contribution in [3.63, 3.8) is 0 Å². The Labute approximate surface area is 69.1 Å². The van der Waals surface area contributed by atoms with Crippen molar-refractivity contribution < 1.29 is 9.00 Å². The lowest BCUT2D eigenvalue weighted by atomic mass is 10.4. The van der Waals surface area contributed by atoms with E-state index < -0.39 is 16.7 Å². The van der Waals surface area contributed by atoms with Gasteiger partial charge in [0, 0.05) is 28.0 Å². The van der Waals surface area contributed by atoms with Gasteiger partial charge in [0.05, 0.1) is 0 Å². The zero-order valence-electron chi connectivity index (χ0n) is 6.58. The van der Waals surface area contributed by atoms with Crippen LogP contribution in [0.15, 0.2) is 11.5 Å². The number of amides is 1. The summed E-state index contributed by atoms with van der Waals surface area (Å²) in [5, 5.41) is 1.35. The molecular formula is C7H13NO2S. The van der Waals surface area contributed by atoms with Gasteiger partial charge in [0.25, 0.3) is 0 Å². The number of carbonyl (C=O) groups excluding carboxylic acids is 1. The molecule has 11 heavy (non-hydrogen) atoms. The number of rotatable bonds is 5. The van der Waals surface area contributed by atoms with Crippen molar-refractivity contribution in [1.82, 2.24) is 0 Å². The lowest BCUT2D eigenvalue weighted by Gasteiger charge is -1.91. The first-order valence-electron chi connectivity index (χ1n) is 3.51. The van der Waals surface area contributed by atoms with E-state index in [-0.39, 0.29) is 0 Å². The molecule has 1 unspecified atom stereocenters. The Balaban J connectivity index is 3.60. The Morgan fingerprint density at radius 1 is 1.64 bits per heavy atom. The van der Waals surface area contributed by atoms with E-state index in [0.29, 0.717) is 5.75 Å². The lowest BCUT2D eigenvalue weighted by molar-refractivity contribution is -0.113. The summed E-state index contributed by atoms with van der Waals surface area (Å²) in [5.74, 6) is 0.0650. The molecule has 0 saturated carbocycles. The minimum Gasteiger partial charge on any atom is -0.366 e. The fourth-order valence-corrected chi connectivity index (χ4v) is 1.49. The molecule has 2 N–H and O–H groups in total. The number of unbranched alkanes of at least 4 members (excludes halogenated alkanes) is 1. The second-order valence-corrected chi connectivity index (χ2v) is 3.59. The fourth-order valence-electron chi connectivity index (χ4n) is 0.498. The molecule has 4 heteroatoms. The van der Waals surface area contributed by atoms with Gasteiger partial charge in [-0.15, -0.1) is 0 Å². The number of nitrogens with two attached hydrogens (primary N) is 1. The highest BCUT2D eigenvalue weighted by Gasteiger charge is 1.92. The van der Waals surface area contributed by atoms with Crippen LogP contribution in [0.1, 0.15) is 19.8 Å². The van der Waals surface area contributed by atoms with Crippen LogP contribution >= 0.6 is 0 Å². The zero-order valence-corrected chi connectivity index (χ0v) is 7.39. The van der Waals surface area contributed by atoms with Crippen molar-refractivity contribution in [1.29, 1.82) is 0 Å². The van der Waals surface area contributed by atoms with Gasteiger partial charge < -0.3 is 5.73 Å². The normalized spacial score (nSPS) is 13.5. The van der Waals surface area contributed by atoms with Crippen molar-refractivity contribution in [2.45, 2.75) is 19.8 Å². The van der Waals surface area contributed by atoms with E-state index in [1.807, 2.05) is 6.92 Å². The maximum absolute atomic E-state index is 10.9. The van der Waals surface area contributed by atoms with Gasteiger partial charge in [-0.05, 0) is 6.42 Å². The highest BCUT2D eigenvalue weighted by atomic mass is 32.2. The van der Waals surface area contributed by atoms with Gasteiger partial charge in [0.15, 0.2) is 0 Å². The predicted molar refractivity (Wildman–Crippen MR) is 46.3 cm³/mol. The molecular weight excluding hydrogens is 162 g/mol. The van der Waals surface area contributed by atoms with Gasteiger partial charge in [-0.25, -0.2) is 0 Å². The molecule has 0 aromatic rings. The molecule has 64 valence electrons. The van der Waals surface area contributed by atoms with Crippen LogP contribution in [0, 0.1) is 0 Å². The number of hydrogen-bond acceptors (Lipinski definition) is 2. The second-order valence-electron chi connectivity index (χ2n) is 2.14. The van der Waals surface area contributed by atoms with Crippen LogP contribution in [-0.4, -0.2) is 15.9 Å². The molecule has 0 aromatic carbocycles. The van der Waals surface area contributed by atoms with Crippen LogP contribution < -0.4 is 5.73 Å². The first-order valence-corrected chi connectivity index (χ1v) is 4.90. The monoisotopic (exact) mass is 175 g/mol. The van der Waals surface area contributed by atoms with E-state index in [1.54, 1.807) is 0 Å². The number of primary amides is 1. The number of hydrogen-bond donors (Lipinski definition) is 1. The van der Waals surface area contributed by atoms with Crippen LogP contribution in [0.4, 0.5) is 0 Å². The molecule has 0 radical (unpaired) electrons. The molecule has 0 aliphatic carbocycles. The van der Waals surface area contributed by atoms with E-state index in [9.17, 15) is 9.00 Å². The Morgan fingerprint density at radius 3 is 2.73 bits per heavy atom. The van der Waals surface area contributed by atoms with Gasteiger partial charge in [-0.1, -0.05) is 13.3 Å². The van der Waals surface area contributed by atoms with Crippen LogP contribution in [-0.2, 0) is 15.6 Å². The first-order chi connectivity index (χ1) is 5.16. The van der Waals surface area contributed by atoms with Gasteiger partial charge in [-0.2, -0.15) is 0 Å². The molecule has 3 nitrogen and oxygen atoms in total. The lowest BCUT2D eigenvalue weighted by Crippen LogP contribution is -2.06. The minimum atomic E-state index is -1.02. The molecule has 0 heterocycles. The summed E-state index contributed by atoms with van der Waals surface area (Å²) in [6, 6.07) is 0. The van der Waals surface area contributed by atoms with E-state index in [1.165, 1.54) is 5.41 Å². The summed E-state index contributed by atoms with van der Waals surface area (Å²) in [6.07, 6.45) is 3.07. The van der Waals surface area contributed by atoms with Crippen molar-refractivity contribution in [2.24, 2.45) is 5.73 Å². The molecule has 0 fully saturated rings. The summed E-state index contributed by atoms with van der Waals surface area (Å²) in [7, 11) is -1.02. The van der Waals surface area contributed by atoms with Gasteiger partial charge in [0.2, 0.25) is 5.91 Å². The Hall–Kier alpha value is -0.640. The molecule has 0 spiro atoms. The van der Waals surface area contributed by atoms with Crippen LogP contribution in [0.2, 0.25) is 0 Å². The topological polar surface area (TPSA) is 60.2 Å². The van der Waals surface area contributed by atoms with E-state index in [4.69, 9.17) is 5.73 Å². The Bertz CT molecular complexity index is 177. The predicted octanol–water partition coefficient (Wildman–Crippen LogP) is 0.534. The number of carbonyl (C=O) groups is 1. The third-order valence-electron chi connectivity index (χ3n) is 1.08. The van der Waals surface area contributed by atoms with Crippen LogP contribution in [0.25, 0.3) is 0 Å². The van der Waals surface area contributed by atoms with E-state index >= 15 is 0 Å². The average molecular weight is 175 g/mol. The molecule has 0 rings (SSSR count). The third-order valence-corrected chi connectivity index (χ3v) is 2.21. The molecule has 1 amide bonds. The van der Waals surface area contributed by atoms with Gasteiger partial charge in [0.1, 0.15) is 0 Å². The molecule has 0 bridgehead atoms. The van der Waals surface area contributed by atoms with Crippen LogP contribution in [0.3, 0.4) is 0 Å². The third kappa shape index (κ3) is 7.25.